The Balaban J connectivity index is 1.79. The second-order valence-corrected chi connectivity index (χ2v) is 5.08. The van der Waals surface area contributed by atoms with Crippen molar-refractivity contribution in [1.82, 2.24) is 16.2 Å². The van der Waals surface area contributed by atoms with Crippen LogP contribution in [0.3, 0.4) is 0 Å². The summed E-state index contributed by atoms with van der Waals surface area (Å²) >= 11 is 4.89. The lowest BCUT2D eigenvalue weighted by Gasteiger charge is -2.09. The van der Waals surface area contributed by atoms with E-state index in [9.17, 15) is 14.0 Å². The molecule has 0 bridgehead atoms. The van der Waals surface area contributed by atoms with Crippen molar-refractivity contribution in [2.45, 2.75) is 6.92 Å². The summed E-state index contributed by atoms with van der Waals surface area (Å²) in [5.74, 6) is -0.831. The van der Waals surface area contributed by atoms with Crippen molar-refractivity contribution >= 4 is 35.2 Å². The largest absolute Gasteiger partial charge is 0.469 e. The van der Waals surface area contributed by atoms with Gasteiger partial charge in [0.05, 0.1) is 11.8 Å². The molecule has 1 aromatic heterocycles. The minimum atomic E-state index is -0.495. The van der Waals surface area contributed by atoms with Gasteiger partial charge in [-0.15, -0.1) is 0 Å². The summed E-state index contributed by atoms with van der Waals surface area (Å²) in [5, 5.41) is 2.29. The van der Waals surface area contributed by atoms with Gasteiger partial charge in [-0.25, -0.2) is 4.39 Å². The minimum Gasteiger partial charge on any atom is -0.469 e. The van der Waals surface area contributed by atoms with E-state index in [-0.39, 0.29) is 10.9 Å². The summed E-state index contributed by atoms with van der Waals surface area (Å²) in [4.78, 5) is 23.5. The molecule has 2 rings (SSSR count). The fraction of sp³-hybridized carbons (Fsp3) is 0.0625. The molecule has 3 N–H and O–H groups in total. The molecule has 2 amide bonds. The number of halogens is 1. The van der Waals surface area contributed by atoms with Crippen LogP contribution in [-0.2, 0) is 4.79 Å². The second kappa shape index (κ2) is 8.02. The third-order valence-electron chi connectivity index (χ3n) is 2.93. The van der Waals surface area contributed by atoms with Gasteiger partial charge in [0.25, 0.3) is 5.91 Å². The van der Waals surface area contributed by atoms with Gasteiger partial charge in [0, 0.05) is 6.08 Å². The van der Waals surface area contributed by atoms with Crippen molar-refractivity contribution < 1.29 is 18.4 Å². The van der Waals surface area contributed by atoms with E-state index in [0.717, 1.165) is 0 Å². The van der Waals surface area contributed by atoms with Crippen LogP contribution in [-0.4, -0.2) is 16.9 Å². The van der Waals surface area contributed by atoms with Gasteiger partial charge in [-0.05, 0) is 49.0 Å². The van der Waals surface area contributed by atoms with Gasteiger partial charge in [0.1, 0.15) is 11.6 Å². The van der Waals surface area contributed by atoms with E-state index in [2.05, 4.69) is 16.2 Å². The predicted octanol–water partition coefficient (Wildman–Crippen LogP) is 2.08. The van der Waals surface area contributed by atoms with E-state index >= 15 is 0 Å². The highest BCUT2D eigenvalue weighted by Crippen LogP contribution is 2.07. The Bertz CT molecular complexity index is 784. The Labute approximate surface area is 142 Å². The fourth-order valence-electron chi connectivity index (χ4n) is 1.73. The summed E-state index contributed by atoms with van der Waals surface area (Å²) in [7, 11) is 0. The van der Waals surface area contributed by atoms with Crippen LogP contribution in [0.1, 0.15) is 21.7 Å². The van der Waals surface area contributed by atoms with Crippen LogP contribution in [0.15, 0.2) is 47.1 Å². The van der Waals surface area contributed by atoms with E-state index in [0.29, 0.717) is 16.9 Å². The van der Waals surface area contributed by atoms with Gasteiger partial charge in [-0.1, -0.05) is 12.1 Å². The first-order valence-electron chi connectivity index (χ1n) is 6.85. The first-order chi connectivity index (χ1) is 11.5. The number of hydrogen-bond acceptors (Lipinski definition) is 4. The molecular formula is C16H14FN3O3S. The highest BCUT2D eigenvalue weighted by molar-refractivity contribution is 7.80. The summed E-state index contributed by atoms with van der Waals surface area (Å²) in [5.41, 5.74) is 5.77. The number of benzene rings is 1. The Kier molecular flexibility index (Phi) is 5.80. The lowest BCUT2D eigenvalue weighted by molar-refractivity contribution is -0.115. The molecule has 2 aromatic rings. The molecule has 0 saturated carbocycles. The third-order valence-corrected chi connectivity index (χ3v) is 3.13. The molecule has 0 radical (unpaired) electrons. The van der Waals surface area contributed by atoms with Gasteiger partial charge in [0.2, 0.25) is 5.91 Å². The zero-order valence-corrected chi connectivity index (χ0v) is 13.4. The van der Waals surface area contributed by atoms with Crippen LogP contribution in [0.25, 0.3) is 6.08 Å². The van der Waals surface area contributed by atoms with Crippen LogP contribution >= 0.6 is 12.2 Å². The van der Waals surface area contributed by atoms with Crippen molar-refractivity contribution in [2.24, 2.45) is 0 Å². The van der Waals surface area contributed by atoms with Gasteiger partial charge in [0.15, 0.2) is 5.11 Å². The molecule has 24 heavy (non-hydrogen) atoms. The standard InChI is InChI=1S/C16H14FN3O3S/c1-10-13(8-9-23-10)15(22)19-20-16(24)18-14(21)7-4-11-2-5-12(17)6-3-11/h2-9H,1H3,(H,19,22)(H2,18,20,21,24)/b7-4+. The first kappa shape index (κ1) is 17.4. The molecule has 0 aliphatic heterocycles. The maximum atomic E-state index is 12.8. The van der Waals surface area contributed by atoms with Crippen LogP contribution in [0.2, 0.25) is 0 Å². The van der Waals surface area contributed by atoms with E-state index in [1.807, 2.05) is 0 Å². The summed E-state index contributed by atoms with van der Waals surface area (Å²) < 4.78 is 17.8. The molecule has 6 nitrogen and oxygen atoms in total. The third kappa shape index (κ3) is 5.03. The average Bonchev–Trinajstić information content (AvgIpc) is 2.98. The van der Waals surface area contributed by atoms with Crippen molar-refractivity contribution in [3.05, 3.63) is 65.4 Å². The van der Waals surface area contributed by atoms with Crippen LogP contribution in [0.4, 0.5) is 4.39 Å². The Morgan fingerprint density at radius 1 is 1.17 bits per heavy atom. The summed E-state index contributed by atoms with van der Waals surface area (Å²) in [6, 6.07) is 7.15. The highest BCUT2D eigenvalue weighted by Gasteiger charge is 2.11. The highest BCUT2D eigenvalue weighted by atomic mass is 32.1. The monoisotopic (exact) mass is 347 g/mol. The number of amides is 2. The molecule has 0 aliphatic rings. The van der Waals surface area contributed by atoms with Crippen molar-refractivity contribution in [3.63, 3.8) is 0 Å². The van der Waals surface area contributed by atoms with Crippen molar-refractivity contribution in [2.75, 3.05) is 0 Å². The molecule has 8 heteroatoms. The first-order valence-corrected chi connectivity index (χ1v) is 7.25. The average molecular weight is 347 g/mol. The maximum absolute atomic E-state index is 12.8. The van der Waals surface area contributed by atoms with Crippen molar-refractivity contribution in [3.8, 4) is 0 Å². The molecule has 0 spiro atoms. The number of hydrogen-bond donors (Lipinski definition) is 3. The summed E-state index contributed by atoms with van der Waals surface area (Å²) in [6.45, 7) is 1.65. The van der Waals surface area contributed by atoms with Crippen LogP contribution in [0.5, 0.6) is 0 Å². The van der Waals surface area contributed by atoms with E-state index < -0.39 is 11.8 Å². The molecule has 0 fully saturated rings. The number of carbonyl (C=O) groups is 2. The molecule has 1 heterocycles. The lowest BCUT2D eigenvalue weighted by Crippen LogP contribution is -2.48. The van der Waals surface area contributed by atoms with E-state index in [1.165, 1.54) is 48.7 Å². The molecule has 124 valence electrons. The number of thiocarbonyl (C=S) groups is 1. The maximum Gasteiger partial charge on any atom is 0.273 e. The number of furan rings is 1. The quantitative estimate of drug-likeness (QED) is 0.450. The molecule has 1 aromatic carbocycles. The van der Waals surface area contributed by atoms with Crippen LogP contribution in [0, 0.1) is 12.7 Å². The molecule has 0 aliphatic carbocycles. The number of nitrogens with one attached hydrogen (secondary N) is 3. The van der Waals surface area contributed by atoms with Gasteiger partial charge >= 0.3 is 0 Å². The normalized spacial score (nSPS) is 10.4. The molecule has 0 saturated heterocycles. The van der Waals surface area contributed by atoms with Gasteiger partial charge < -0.3 is 4.42 Å². The predicted molar refractivity (Wildman–Crippen MR) is 90.2 cm³/mol. The smallest absolute Gasteiger partial charge is 0.273 e. The Morgan fingerprint density at radius 3 is 2.50 bits per heavy atom. The lowest BCUT2D eigenvalue weighted by atomic mass is 10.2. The van der Waals surface area contributed by atoms with Gasteiger partial charge in [-0.3, -0.25) is 25.8 Å². The second-order valence-electron chi connectivity index (χ2n) is 4.67. The topological polar surface area (TPSA) is 83.4 Å². The Morgan fingerprint density at radius 2 is 1.88 bits per heavy atom. The molecule has 0 unspecified atom stereocenters. The molecule has 0 atom stereocenters. The number of hydrazine groups is 1. The SMILES string of the molecule is Cc1occc1C(=O)NNC(=S)NC(=O)/C=C/c1ccc(F)cc1. The summed E-state index contributed by atoms with van der Waals surface area (Å²) in [6.07, 6.45) is 4.14. The van der Waals surface area contributed by atoms with E-state index in [1.54, 1.807) is 6.92 Å². The zero-order chi connectivity index (χ0) is 17.5. The number of rotatable bonds is 3. The van der Waals surface area contributed by atoms with Crippen molar-refractivity contribution in [1.29, 1.82) is 0 Å². The minimum absolute atomic E-state index is 0.0711. The van der Waals surface area contributed by atoms with Gasteiger partial charge in [-0.2, -0.15) is 0 Å². The Hall–Kier alpha value is -3.00. The molecular weight excluding hydrogens is 333 g/mol. The van der Waals surface area contributed by atoms with E-state index in [4.69, 9.17) is 16.6 Å². The zero-order valence-electron chi connectivity index (χ0n) is 12.6. The number of aryl methyl sites for hydroxylation is 1. The number of carbonyl (C=O) groups excluding carboxylic acids is 2. The fourth-order valence-corrected chi connectivity index (χ4v) is 1.88. The van der Waals surface area contributed by atoms with Crippen LogP contribution < -0.4 is 16.2 Å².